The Bertz CT molecular complexity index is 898. The number of H-pyrrole nitrogens is 1. The van der Waals surface area contributed by atoms with Gasteiger partial charge in [0, 0.05) is 58.9 Å². The van der Waals surface area contributed by atoms with Gasteiger partial charge in [0.15, 0.2) is 5.65 Å². The minimum atomic E-state index is -0.693. The Hall–Kier alpha value is -2.41. The van der Waals surface area contributed by atoms with Crippen LogP contribution in [0.3, 0.4) is 0 Å². The van der Waals surface area contributed by atoms with Crippen molar-refractivity contribution in [3.63, 3.8) is 0 Å². The lowest BCUT2D eigenvalue weighted by Gasteiger charge is -2.29. The van der Waals surface area contributed by atoms with Crippen molar-refractivity contribution in [3.8, 4) is 17.0 Å². The molecule has 0 radical (unpaired) electrons. The number of fused-ring (bicyclic) bond motifs is 1. The van der Waals surface area contributed by atoms with E-state index in [0.717, 1.165) is 46.9 Å². The summed E-state index contributed by atoms with van der Waals surface area (Å²) in [6, 6.07) is 7.99. The highest BCUT2D eigenvalue weighted by atomic mass is 32.2. The minimum Gasteiger partial charge on any atom is -0.497 e. The zero-order chi connectivity index (χ0) is 16.5. The van der Waals surface area contributed by atoms with Crippen LogP contribution in [0.2, 0.25) is 0 Å². The van der Waals surface area contributed by atoms with Crippen molar-refractivity contribution in [1.29, 1.82) is 0 Å². The van der Waals surface area contributed by atoms with Crippen molar-refractivity contribution in [2.75, 3.05) is 36.6 Å². The van der Waals surface area contributed by atoms with Crippen LogP contribution >= 0.6 is 0 Å². The zero-order valence-electron chi connectivity index (χ0n) is 13.4. The number of aromatic nitrogens is 3. The molecule has 1 N–H and O–H groups in total. The second kappa shape index (κ2) is 6.24. The first-order valence-corrected chi connectivity index (χ1v) is 9.31. The topological polar surface area (TPSA) is 71.1 Å². The van der Waals surface area contributed by atoms with E-state index in [4.69, 9.17) is 4.74 Å². The third kappa shape index (κ3) is 2.87. The van der Waals surface area contributed by atoms with Gasteiger partial charge in [-0.1, -0.05) is 0 Å². The molecule has 124 valence electrons. The van der Waals surface area contributed by atoms with E-state index in [9.17, 15) is 4.21 Å². The largest absolute Gasteiger partial charge is 0.497 e. The first kappa shape index (κ1) is 15.1. The van der Waals surface area contributed by atoms with Crippen LogP contribution in [0.15, 0.2) is 36.7 Å². The lowest BCUT2D eigenvalue weighted by Crippen LogP contribution is -2.37. The number of methoxy groups -OCH3 is 1. The van der Waals surface area contributed by atoms with E-state index in [2.05, 4.69) is 25.9 Å². The maximum Gasteiger partial charge on any atom is 0.156 e. The van der Waals surface area contributed by atoms with E-state index in [1.165, 1.54) is 0 Å². The van der Waals surface area contributed by atoms with Crippen LogP contribution in [0.25, 0.3) is 22.4 Å². The number of hydrogen-bond donors (Lipinski definition) is 1. The molecule has 0 unspecified atom stereocenters. The maximum absolute atomic E-state index is 11.6. The molecule has 0 saturated carbocycles. The van der Waals surface area contributed by atoms with Crippen LogP contribution in [0.5, 0.6) is 5.75 Å². The number of aromatic amines is 1. The molecule has 1 aliphatic heterocycles. The van der Waals surface area contributed by atoms with Gasteiger partial charge in [-0.05, 0) is 18.2 Å². The van der Waals surface area contributed by atoms with Gasteiger partial charge >= 0.3 is 0 Å². The Morgan fingerprint density at radius 3 is 2.88 bits per heavy atom. The Labute approximate surface area is 142 Å². The molecule has 1 fully saturated rings. The van der Waals surface area contributed by atoms with Gasteiger partial charge in [-0.25, -0.2) is 9.97 Å². The van der Waals surface area contributed by atoms with E-state index < -0.39 is 10.8 Å². The third-order valence-corrected chi connectivity index (χ3v) is 5.50. The molecule has 1 aliphatic rings. The average molecular weight is 342 g/mol. The van der Waals surface area contributed by atoms with Crippen molar-refractivity contribution in [2.24, 2.45) is 0 Å². The smallest absolute Gasteiger partial charge is 0.156 e. The van der Waals surface area contributed by atoms with E-state index in [1.807, 2.05) is 24.4 Å². The van der Waals surface area contributed by atoms with Crippen LogP contribution in [0.1, 0.15) is 0 Å². The molecule has 2 aromatic heterocycles. The number of nitrogens with one attached hydrogen (secondary N) is 1. The SMILES string of the molecule is COc1cc(-c2cnc3[nH]ccc3n2)cc(N2CCS(=O)CC2)c1. The number of benzene rings is 1. The van der Waals surface area contributed by atoms with Gasteiger partial charge in [-0.15, -0.1) is 0 Å². The molecule has 24 heavy (non-hydrogen) atoms. The first-order chi connectivity index (χ1) is 11.7. The molecule has 0 amide bonds. The Kier molecular flexibility index (Phi) is 3.93. The molecular weight excluding hydrogens is 324 g/mol. The molecular formula is C17H18N4O2S. The monoisotopic (exact) mass is 342 g/mol. The molecule has 1 saturated heterocycles. The predicted molar refractivity (Wildman–Crippen MR) is 96.0 cm³/mol. The summed E-state index contributed by atoms with van der Waals surface area (Å²) in [7, 11) is 0.969. The summed E-state index contributed by atoms with van der Waals surface area (Å²) >= 11 is 0. The van der Waals surface area contributed by atoms with E-state index in [0.29, 0.717) is 11.5 Å². The van der Waals surface area contributed by atoms with Gasteiger partial charge in [-0.3, -0.25) is 4.21 Å². The fraction of sp³-hybridized carbons (Fsp3) is 0.294. The van der Waals surface area contributed by atoms with Crippen LogP contribution in [0, 0.1) is 0 Å². The second-order valence-electron chi connectivity index (χ2n) is 5.72. The molecule has 3 aromatic rings. The molecule has 1 aromatic carbocycles. The number of anilines is 1. The molecule has 0 aliphatic carbocycles. The third-order valence-electron chi connectivity index (χ3n) is 4.23. The van der Waals surface area contributed by atoms with Crippen molar-refractivity contribution >= 4 is 27.7 Å². The average Bonchev–Trinajstić information content (AvgIpc) is 3.09. The highest BCUT2D eigenvalue weighted by molar-refractivity contribution is 7.85. The van der Waals surface area contributed by atoms with Crippen LogP contribution in [-0.4, -0.2) is 50.9 Å². The van der Waals surface area contributed by atoms with Crippen LogP contribution in [-0.2, 0) is 10.8 Å². The molecule has 0 bridgehead atoms. The predicted octanol–water partition coefficient (Wildman–Crippen LogP) is 2.20. The van der Waals surface area contributed by atoms with Crippen molar-refractivity contribution in [1.82, 2.24) is 15.0 Å². The van der Waals surface area contributed by atoms with Gasteiger partial charge in [0.25, 0.3) is 0 Å². The first-order valence-electron chi connectivity index (χ1n) is 7.82. The standard InChI is InChI=1S/C17H18N4O2S/c1-23-14-9-12(16-11-19-17-15(20-16)2-3-18-17)8-13(10-14)21-4-6-24(22)7-5-21/h2-3,8-11H,4-7H2,1H3,(H,18,19). The highest BCUT2D eigenvalue weighted by Gasteiger charge is 2.17. The molecule has 6 nitrogen and oxygen atoms in total. The van der Waals surface area contributed by atoms with E-state index in [1.54, 1.807) is 13.3 Å². The Balaban J connectivity index is 1.74. The van der Waals surface area contributed by atoms with Gasteiger partial charge in [0.2, 0.25) is 0 Å². The summed E-state index contributed by atoms with van der Waals surface area (Å²) in [5, 5.41) is 0. The number of ether oxygens (including phenoxy) is 1. The summed E-state index contributed by atoms with van der Waals surface area (Å²) in [4.78, 5) is 14.4. The van der Waals surface area contributed by atoms with Gasteiger partial charge in [0.05, 0.1) is 19.0 Å². The van der Waals surface area contributed by atoms with Crippen LogP contribution in [0.4, 0.5) is 5.69 Å². The summed E-state index contributed by atoms with van der Waals surface area (Å²) in [6.07, 6.45) is 3.60. The van der Waals surface area contributed by atoms with Crippen molar-refractivity contribution in [2.45, 2.75) is 0 Å². The Morgan fingerprint density at radius 2 is 2.08 bits per heavy atom. The fourth-order valence-electron chi connectivity index (χ4n) is 2.90. The summed E-state index contributed by atoms with van der Waals surface area (Å²) in [5.74, 6) is 2.20. The number of nitrogens with zero attached hydrogens (tertiary/aromatic N) is 3. The number of hydrogen-bond acceptors (Lipinski definition) is 5. The fourth-order valence-corrected chi connectivity index (χ4v) is 3.95. The second-order valence-corrected chi connectivity index (χ2v) is 7.42. The van der Waals surface area contributed by atoms with Crippen molar-refractivity contribution < 1.29 is 8.95 Å². The van der Waals surface area contributed by atoms with Gasteiger partial charge in [0.1, 0.15) is 11.3 Å². The number of rotatable bonds is 3. The zero-order valence-corrected chi connectivity index (χ0v) is 14.2. The maximum atomic E-state index is 11.6. The minimum absolute atomic E-state index is 0.693. The normalized spacial score (nSPS) is 15.8. The Morgan fingerprint density at radius 1 is 1.25 bits per heavy atom. The molecule has 4 rings (SSSR count). The van der Waals surface area contributed by atoms with Crippen molar-refractivity contribution in [3.05, 3.63) is 36.7 Å². The summed E-state index contributed by atoms with van der Waals surface area (Å²) in [6.45, 7) is 1.59. The summed E-state index contributed by atoms with van der Waals surface area (Å²) in [5.41, 5.74) is 4.46. The lowest BCUT2D eigenvalue weighted by atomic mass is 10.1. The quantitative estimate of drug-likeness (QED) is 0.790. The lowest BCUT2D eigenvalue weighted by molar-refractivity contribution is 0.415. The highest BCUT2D eigenvalue weighted by Crippen LogP contribution is 2.30. The van der Waals surface area contributed by atoms with Gasteiger partial charge in [-0.2, -0.15) is 0 Å². The summed E-state index contributed by atoms with van der Waals surface area (Å²) < 4.78 is 17.0. The molecule has 0 atom stereocenters. The van der Waals surface area contributed by atoms with Crippen LogP contribution < -0.4 is 9.64 Å². The molecule has 0 spiro atoms. The van der Waals surface area contributed by atoms with Gasteiger partial charge < -0.3 is 14.6 Å². The molecule has 3 heterocycles. The van der Waals surface area contributed by atoms with E-state index in [-0.39, 0.29) is 0 Å². The van der Waals surface area contributed by atoms with E-state index >= 15 is 0 Å². The molecule has 7 heteroatoms.